The van der Waals surface area contributed by atoms with E-state index in [1.165, 1.54) is 0 Å². The molecule has 0 saturated heterocycles. The van der Waals surface area contributed by atoms with Gasteiger partial charge in [-0.05, 0) is 44.6 Å². The molecule has 184 valence electrons. The number of aliphatic carboxylic acids is 1. The number of aromatic hydroxyl groups is 1. The number of ether oxygens (including phenoxy) is 3. The molecule has 1 aromatic carbocycles. The number of phenolic OH excluding ortho intramolecular Hbond substituents is 1. The van der Waals surface area contributed by atoms with Crippen molar-refractivity contribution in [3.05, 3.63) is 35.1 Å². The monoisotopic (exact) mass is 475 g/mol. The van der Waals surface area contributed by atoms with Gasteiger partial charge in [0, 0.05) is 24.9 Å². The zero-order chi connectivity index (χ0) is 25.0. The number of phenols is 1. The summed E-state index contributed by atoms with van der Waals surface area (Å²) in [5.41, 5.74) is -0.786. The maximum Gasteiger partial charge on any atom is 0.353 e. The van der Waals surface area contributed by atoms with E-state index in [-0.39, 0.29) is 29.7 Å². The lowest BCUT2D eigenvalue weighted by Gasteiger charge is -2.56. The van der Waals surface area contributed by atoms with Crippen LogP contribution < -0.4 is 4.74 Å². The van der Waals surface area contributed by atoms with Gasteiger partial charge in [-0.1, -0.05) is 13.0 Å². The molecule has 1 aromatic rings. The van der Waals surface area contributed by atoms with E-state index >= 15 is 0 Å². The molecule has 34 heavy (non-hydrogen) atoms. The molecule has 1 aliphatic heterocycles. The number of carboxylic acid groups (broad SMARTS) is 1. The van der Waals surface area contributed by atoms with Crippen LogP contribution in [0.15, 0.2) is 24.0 Å². The zero-order valence-corrected chi connectivity index (χ0v) is 19.5. The maximum absolute atomic E-state index is 12.8. The summed E-state index contributed by atoms with van der Waals surface area (Å²) in [5, 5.41) is 31.7. The second-order valence-electron chi connectivity index (χ2n) is 9.29. The standard InChI is InChI=1S/C24H29NO9/c1-5-25(4)17-10-13-6-7-14(27)20-19(13)23(3)21(34-20)15(8-9-24(17,23)31)33-22(30)16(11-18(28)29)32-12(2)26/h6-8,16-17,21,27,31H,5,9-11H2,1-4H3,(H,28,29)/t16-,17+,21-,23-,24+/m0/s1. The van der Waals surface area contributed by atoms with E-state index in [2.05, 4.69) is 4.90 Å². The Kier molecular flexibility index (Phi) is 5.85. The molecule has 5 atom stereocenters. The van der Waals surface area contributed by atoms with Crippen LogP contribution in [-0.4, -0.2) is 75.6 Å². The number of hydrogen-bond donors (Lipinski definition) is 3. The van der Waals surface area contributed by atoms with Crippen molar-refractivity contribution in [3.8, 4) is 11.5 Å². The van der Waals surface area contributed by atoms with Crippen molar-refractivity contribution in [2.24, 2.45) is 0 Å². The van der Waals surface area contributed by atoms with E-state index in [9.17, 15) is 24.6 Å². The Bertz CT molecular complexity index is 1070. The minimum Gasteiger partial charge on any atom is -0.504 e. The number of nitrogens with zero attached hydrogens (tertiary/aromatic N) is 1. The first-order valence-corrected chi connectivity index (χ1v) is 11.2. The number of likely N-dealkylation sites (N-methyl/N-ethyl adjacent to an activating group) is 1. The van der Waals surface area contributed by atoms with Crippen molar-refractivity contribution in [2.45, 2.75) is 69.3 Å². The zero-order valence-electron chi connectivity index (χ0n) is 19.5. The van der Waals surface area contributed by atoms with Crippen molar-refractivity contribution in [1.82, 2.24) is 4.90 Å². The molecule has 0 saturated carbocycles. The highest BCUT2D eigenvalue weighted by molar-refractivity contribution is 5.84. The molecule has 0 unspecified atom stereocenters. The highest BCUT2D eigenvalue weighted by atomic mass is 16.6. The SMILES string of the molecule is CCN(C)[C@@H]1Cc2ccc(O)c3c2[C@@]2(C)[C@@H](O3)C(OC(=O)[C@H](CC(=O)O)OC(C)=O)=CC[C@@]12O. The number of benzene rings is 1. The van der Waals surface area contributed by atoms with Crippen molar-refractivity contribution in [2.75, 3.05) is 13.6 Å². The molecule has 0 amide bonds. The molecule has 0 bridgehead atoms. The molecule has 0 spiro atoms. The largest absolute Gasteiger partial charge is 0.504 e. The molecule has 1 heterocycles. The summed E-state index contributed by atoms with van der Waals surface area (Å²) in [7, 11) is 1.93. The molecular weight excluding hydrogens is 446 g/mol. The van der Waals surface area contributed by atoms with Crippen LogP contribution in [0.1, 0.15) is 44.7 Å². The number of esters is 2. The van der Waals surface area contributed by atoms with Gasteiger partial charge in [-0.25, -0.2) is 4.79 Å². The average Bonchev–Trinajstić information content (AvgIpc) is 3.10. The molecule has 0 aromatic heterocycles. The van der Waals surface area contributed by atoms with Crippen molar-refractivity contribution in [3.63, 3.8) is 0 Å². The molecule has 3 N–H and O–H groups in total. The highest BCUT2D eigenvalue weighted by Crippen LogP contribution is 2.62. The van der Waals surface area contributed by atoms with Gasteiger partial charge in [0.15, 0.2) is 17.6 Å². The van der Waals surface area contributed by atoms with E-state index in [1.54, 1.807) is 12.1 Å². The number of carboxylic acids is 1. The maximum atomic E-state index is 12.8. The van der Waals surface area contributed by atoms with Gasteiger partial charge in [0.1, 0.15) is 5.76 Å². The van der Waals surface area contributed by atoms with Gasteiger partial charge in [-0.15, -0.1) is 0 Å². The summed E-state index contributed by atoms with van der Waals surface area (Å²) in [5.74, 6) is -3.00. The predicted molar refractivity (Wildman–Crippen MR) is 117 cm³/mol. The van der Waals surface area contributed by atoms with E-state index < -0.39 is 47.6 Å². The summed E-state index contributed by atoms with van der Waals surface area (Å²) < 4.78 is 16.5. The summed E-state index contributed by atoms with van der Waals surface area (Å²) in [4.78, 5) is 37.4. The van der Waals surface area contributed by atoms with Crippen LogP contribution in [0.25, 0.3) is 0 Å². The quantitative estimate of drug-likeness (QED) is 0.493. The van der Waals surface area contributed by atoms with Crippen molar-refractivity contribution >= 4 is 17.9 Å². The Balaban J connectivity index is 1.76. The molecule has 0 fully saturated rings. The third-order valence-electron chi connectivity index (χ3n) is 7.42. The van der Waals surface area contributed by atoms with Crippen LogP contribution in [0.2, 0.25) is 0 Å². The fourth-order valence-corrected chi connectivity index (χ4v) is 5.61. The van der Waals surface area contributed by atoms with E-state index in [4.69, 9.17) is 19.3 Å². The van der Waals surface area contributed by atoms with Crippen molar-refractivity contribution in [1.29, 1.82) is 0 Å². The van der Waals surface area contributed by atoms with Gasteiger partial charge in [0.25, 0.3) is 0 Å². The van der Waals surface area contributed by atoms with Crippen LogP contribution in [0, 0.1) is 0 Å². The molecule has 10 nitrogen and oxygen atoms in total. The molecule has 2 aliphatic carbocycles. The van der Waals surface area contributed by atoms with Gasteiger partial charge in [0.2, 0.25) is 6.10 Å². The van der Waals surface area contributed by atoms with E-state index in [0.29, 0.717) is 18.5 Å². The normalized spacial score (nSPS) is 29.5. The number of carbonyl (C=O) groups excluding carboxylic acids is 2. The van der Waals surface area contributed by atoms with Gasteiger partial charge >= 0.3 is 17.9 Å². The Hall–Kier alpha value is -3.11. The second-order valence-corrected chi connectivity index (χ2v) is 9.29. The second kappa shape index (κ2) is 8.28. The topological polar surface area (TPSA) is 143 Å². The van der Waals surface area contributed by atoms with Crippen LogP contribution in [0.4, 0.5) is 0 Å². The minimum absolute atomic E-state index is 0.0704. The predicted octanol–water partition coefficient (Wildman–Crippen LogP) is 1.26. The Labute approximate surface area is 196 Å². The first kappa shape index (κ1) is 24.0. The van der Waals surface area contributed by atoms with Gasteiger partial charge < -0.3 is 34.4 Å². The molecule has 10 heteroatoms. The molecule has 3 aliphatic rings. The third kappa shape index (κ3) is 3.43. The lowest BCUT2D eigenvalue weighted by atomic mass is 9.54. The Morgan fingerprint density at radius 1 is 1.32 bits per heavy atom. The summed E-state index contributed by atoms with van der Waals surface area (Å²) >= 11 is 0. The fourth-order valence-electron chi connectivity index (χ4n) is 5.61. The molecular formula is C24H29NO9. The number of carbonyl (C=O) groups is 3. The smallest absolute Gasteiger partial charge is 0.353 e. The first-order valence-electron chi connectivity index (χ1n) is 11.2. The van der Waals surface area contributed by atoms with Gasteiger partial charge in [0.05, 0.1) is 17.4 Å². The van der Waals surface area contributed by atoms with E-state index in [0.717, 1.165) is 12.5 Å². The Morgan fingerprint density at radius 2 is 2.03 bits per heavy atom. The average molecular weight is 475 g/mol. The molecule has 4 rings (SSSR count). The Morgan fingerprint density at radius 3 is 2.65 bits per heavy atom. The van der Waals surface area contributed by atoms with Crippen LogP contribution in [0.3, 0.4) is 0 Å². The highest BCUT2D eigenvalue weighted by Gasteiger charge is 2.68. The number of aliphatic hydroxyl groups is 1. The summed E-state index contributed by atoms with van der Waals surface area (Å²) in [6, 6.07) is 3.08. The number of hydrogen-bond acceptors (Lipinski definition) is 9. The van der Waals surface area contributed by atoms with Crippen LogP contribution in [0.5, 0.6) is 11.5 Å². The van der Waals surface area contributed by atoms with Crippen LogP contribution >= 0.6 is 0 Å². The van der Waals surface area contributed by atoms with Gasteiger partial charge in [-0.2, -0.15) is 0 Å². The number of rotatable bonds is 7. The first-order chi connectivity index (χ1) is 15.9. The lowest BCUT2D eigenvalue weighted by Crippen LogP contribution is -2.69. The van der Waals surface area contributed by atoms with Crippen molar-refractivity contribution < 1.29 is 43.9 Å². The van der Waals surface area contributed by atoms with Gasteiger partial charge in [-0.3, -0.25) is 9.59 Å². The lowest BCUT2D eigenvalue weighted by molar-refractivity contribution is -0.170. The molecule has 0 radical (unpaired) electrons. The fraction of sp³-hybridized carbons (Fsp3) is 0.542. The third-order valence-corrected chi connectivity index (χ3v) is 7.42. The summed E-state index contributed by atoms with van der Waals surface area (Å²) in [6.07, 6.45) is -1.12. The minimum atomic E-state index is -1.64. The van der Waals surface area contributed by atoms with E-state index in [1.807, 2.05) is 27.0 Å². The summed E-state index contributed by atoms with van der Waals surface area (Å²) in [6.45, 7) is 5.58. The van der Waals surface area contributed by atoms with Crippen LogP contribution in [-0.2, 0) is 35.7 Å².